The quantitative estimate of drug-likeness (QED) is 0.797. The van der Waals surface area contributed by atoms with E-state index >= 15 is 0 Å². The first kappa shape index (κ1) is 16.0. The Kier molecular flexibility index (Phi) is 4.34. The first-order valence-electron chi connectivity index (χ1n) is 8.74. The zero-order chi connectivity index (χ0) is 17.2. The summed E-state index contributed by atoms with van der Waals surface area (Å²) in [5.74, 6) is 0.805. The van der Waals surface area contributed by atoms with E-state index in [9.17, 15) is 4.79 Å². The molecule has 4 rings (SSSR count). The van der Waals surface area contributed by atoms with Crippen LogP contribution in [0.5, 0.6) is 0 Å². The van der Waals surface area contributed by atoms with Crippen molar-refractivity contribution in [3.05, 3.63) is 70.3 Å². The third kappa shape index (κ3) is 3.08. The summed E-state index contributed by atoms with van der Waals surface area (Å²) in [6, 6.07) is 15.6. The van der Waals surface area contributed by atoms with E-state index in [-0.39, 0.29) is 5.56 Å². The maximum absolute atomic E-state index is 13.2. The summed E-state index contributed by atoms with van der Waals surface area (Å²) in [6.07, 6.45) is 0. The maximum atomic E-state index is 13.2. The normalized spacial score (nSPS) is 15.6. The number of nitrogens with one attached hydrogen (secondary N) is 1. The van der Waals surface area contributed by atoms with Gasteiger partial charge in [0.15, 0.2) is 0 Å². The lowest BCUT2D eigenvalue weighted by Gasteiger charge is -2.28. The molecule has 1 N–H and O–H groups in total. The number of hydrogen-bond donors (Lipinski definition) is 1. The third-order valence-corrected chi connectivity index (χ3v) is 4.78. The molecule has 5 heteroatoms. The van der Waals surface area contributed by atoms with Crippen molar-refractivity contribution in [2.45, 2.75) is 13.5 Å². The van der Waals surface area contributed by atoms with Crippen molar-refractivity contribution in [1.29, 1.82) is 0 Å². The topological polar surface area (TPSA) is 50.2 Å². The van der Waals surface area contributed by atoms with Crippen LogP contribution in [0.2, 0.25) is 0 Å². The summed E-state index contributed by atoms with van der Waals surface area (Å²) in [4.78, 5) is 20.4. The van der Waals surface area contributed by atoms with Crippen molar-refractivity contribution >= 4 is 10.9 Å². The van der Waals surface area contributed by atoms with Crippen molar-refractivity contribution in [2.75, 3.05) is 26.2 Å². The second-order valence-electron chi connectivity index (χ2n) is 6.50. The zero-order valence-corrected chi connectivity index (χ0v) is 14.4. The molecule has 5 nitrogen and oxygen atoms in total. The Morgan fingerprint density at radius 1 is 1.04 bits per heavy atom. The van der Waals surface area contributed by atoms with Crippen molar-refractivity contribution in [1.82, 2.24) is 19.8 Å². The number of piperazine rings is 1. The Labute approximate surface area is 146 Å². The molecule has 1 aliphatic heterocycles. The van der Waals surface area contributed by atoms with Crippen LogP contribution < -0.4 is 10.9 Å². The van der Waals surface area contributed by atoms with E-state index < -0.39 is 0 Å². The fraction of sp³-hybridized carbons (Fsp3) is 0.300. The molecular weight excluding hydrogens is 312 g/mol. The van der Waals surface area contributed by atoms with Crippen molar-refractivity contribution in [3.63, 3.8) is 0 Å². The Balaban J connectivity index is 1.91. The number of benzene rings is 2. The number of nitrogens with zero attached hydrogens (tertiary/aromatic N) is 3. The summed E-state index contributed by atoms with van der Waals surface area (Å²) >= 11 is 0. The van der Waals surface area contributed by atoms with Gasteiger partial charge in [-0.25, -0.2) is 4.98 Å². The molecule has 0 unspecified atom stereocenters. The van der Waals surface area contributed by atoms with Gasteiger partial charge in [-0.3, -0.25) is 14.3 Å². The molecule has 0 radical (unpaired) electrons. The molecule has 1 saturated heterocycles. The van der Waals surface area contributed by atoms with Gasteiger partial charge in [0.05, 0.1) is 23.1 Å². The maximum Gasteiger partial charge on any atom is 0.266 e. The average Bonchev–Trinajstić information content (AvgIpc) is 2.64. The Morgan fingerprint density at radius 3 is 2.56 bits per heavy atom. The van der Waals surface area contributed by atoms with E-state index in [0.717, 1.165) is 48.8 Å². The van der Waals surface area contributed by atoms with Gasteiger partial charge >= 0.3 is 0 Å². The summed E-state index contributed by atoms with van der Waals surface area (Å²) in [6.45, 7) is 6.60. The van der Waals surface area contributed by atoms with Crippen molar-refractivity contribution < 1.29 is 0 Å². The Morgan fingerprint density at radius 2 is 1.76 bits per heavy atom. The molecule has 0 amide bonds. The molecule has 0 aliphatic carbocycles. The van der Waals surface area contributed by atoms with Crippen LogP contribution in [0.1, 0.15) is 11.4 Å². The number of aromatic nitrogens is 2. The predicted octanol–water partition coefficient (Wildman–Crippen LogP) is 2.10. The van der Waals surface area contributed by atoms with E-state index in [1.807, 2.05) is 55.5 Å². The number of rotatable bonds is 3. The van der Waals surface area contributed by atoms with Crippen LogP contribution in [-0.2, 0) is 6.54 Å². The van der Waals surface area contributed by atoms with Crippen LogP contribution in [0.4, 0.5) is 0 Å². The lowest BCUT2D eigenvalue weighted by molar-refractivity contribution is 0.226. The lowest BCUT2D eigenvalue weighted by atomic mass is 10.1. The Hall–Kier alpha value is -2.50. The second-order valence-corrected chi connectivity index (χ2v) is 6.50. The van der Waals surface area contributed by atoms with Crippen LogP contribution in [0.15, 0.2) is 53.3 Å². The SMILES string of the molecule is Cc1ccccc1-n1c(CN2CCNCC2)nc2ccccc2c1=O. The number of hydrogen-bond acceptors (Lipinski definition) is 4. The fourth-order valence-corrected chi connectivity index (χ4v) is 3.42. The van der Waals surface area contributed by atoms with Crippen LogP contribution >= 0.6 is 0 Å². The first-order valence-corrected chi connectivity index (χ1v) is 8.74. The minimum Gasteiger partial charge on any atom is -0.314 e. The first-order chi connectivity index (χ1) is 12.2. The van der Waals surface area contributed by atoms with Crippen LogP contribution in [-0.4, -0.2) is 40.6 Å². The van der Waals surface area contributed by atoms with Gasteiger partial charge in [0.1, 0.15) is 5.82 Å². The van der Waals surface area contributed by atoms with Crippen molar-refractivity contribution in [2.24, 2.45) is 0 Å². The largest absolute Gasteiger partial charge is 0.314 e. The highest BCUT2D eigenvalue weighted by molar-refractivity contribution is 5.77. The highest BCUT2D eigenvalue weighted by Crippen LogP contribution is 2.17. The Bertz CT molecular complexity index is 957. The molecule has 0 atom stereocenters. The molecule has 25 heavy (non-hydrogen) atoms. The van der Waals surface area contributed by atoms with Crippen LogP contribution in [0, 0.1) is 6.92 Å². The molecular formula is C20H22N4O. The molecule has 0 spiro atoms. The smallest absolute Gasteiger partial charge is 0.266 e. The van der Waals surface area contributed by atoms with Gasteiger partial charge in [-0.05, 0) is 30.7 Å². The molecule has 0 saturated carbocycles. The zero-order valence-electron chi connectivity index (χ0n) is 14.4. The summed E-state index contributed by atoms with van der Waals surface area (Å²) < 4.78 is 1.79. The van der Waals surface area contributed by atoms with E-state index in [4.69, 9.17) is 4.98 Å². The van der Waals surface area contributed by atoms with E-state index in [1.54, 1.807) is 4.57 Å². The number of para-hydroxylation sites is 2. The highest BCUT2D eigenvalue weighted by atomic mass is 16.1. The van der Waals surface area contributed by atoms with Gasteiger partial charge < -0.3 is 5.32 Å². The number of fused-ring (bicyclic) bond motifs is 1. The summed E-state index contributed by atoms with van der Waals surface area (Å²) in [7, 11) is 0. The standard InChI is InChI=1S/C20H22N4O/c1-15-6-2-5-9-18(15)24-19(14-23-12-10-21-11-13-23)22-17-8-4-3-7-16(17)20(24)25/h2-9,21H,10-14H2,1H3. The van der Waals surface area contributed by atoms with Crippen LogP contribution in [0.3, 0.4) is 0 Å². The monoisotopic (exact) mass is 334 g/mol. The molecule has 2 heterocycles. The van der Waals surface area contributed by atoms with E-state index in [1.165, 1.54) is 0 Å². The number of aryl methyl sites for hydroxylation is 1. The molecule has 2 aromatic carbocycles. The molecule has 1 aromatic heterocycles. The van der Waals surface area contributed by atoms with Gasteiger partial charge in [0.2, 0.25) is 0 Å². The van der Waals surface area contributed by atoms with Crippen molar-refractivity contribution in [3.8, 4) is 5.69 Å². The minimum atomic E-state index is 0.00466. The minimum absolute atomic E-state index is 0.00466. The average molecular weight is 334 g/mol. The molecule has 1 fully saturated rings. The van der Waals surface area contributed by atoms with E-state index in [0.29, 0.717) is 11.9 Å². The molecule has 0 bridgehead atoms. The van der Waals surface area contributed by atoms with Crippen LogP contribution in [0.25, 0.3) is 16.6 Å². The molecule has 3 aromatic rings. The van der Waals surface area contributed by atoms with E-state index in [2.05, 4.69) is 10.2 Å². The highest BCUT2D eigenvalue weighted by Gasteiger charge is 2.17. The predicted molar refractivity (Wildman–Crippen MR) is 100 cm³/mol. The second kappa shape index (κ2) is 6.78. The summed E-state index contributed by atoms with van der Waals surface area (Å²) in [5, 5.41) is 4.03. The van der Waals surface area contributed by atoms with Gasteiger partial charge in [0, 0.05) is 26.2 Å². The third-order valence-electron chi connectivity index (χ3n) is 4.78. The lowest BCUT2D eigenvalue weighted by Crippen LogP contribution is -2.44. The van der Waals surface area contributed by atoms with Gasteiger partial charge in [-0.2, -0.15) is 0 Å². The molecule has 1 aliphatic rings. The van der Waals surface area contributed by atoms with Gasteiger partial charge in [0.25, 0.3) is 5.56 Å². The van der Waals surface area contributed by atoms with Gasteiger partial charge in [-0.1, -0.05) is 30.3 Å². The summed E-state index contributed by atoms with van der Waals surface area (Å²) in [5.41, 5.74) is 2.76. The fourth-order valence-electron chi connectivity index (χ4n) is 3.42. The molecule has 128 valence electrons. The van der Waals surface area contributed by atoms with Gasteiger partial charge in [-0.15, -0.1) is 0 Å².